The van der Waals surface area contributed by atoms with Gasteiger partial charge in [-0.2, -0.15) is 0 Å². The van der Waals surface area contributed by atoms with E-state index in [1.807, 2.05) is 6.20 Å². The Kier molecular flexibility index (Phi) is 5.37. The highest BCUT2D eigenvalue weighted by Crippen LogP contribution is 2.38. The van der Waals surface area contributed by atoms with Gasteiger partial charge in [0.1, 0.15) is 0 Å². The minimum absolute atomic E-state index is 0. The summed E-state index contributed by atoms with van der Waals surface area (Å²) in [5, 5.41) is 0. The van der Waals surface area contributed by atoms with Crippen LogP contribution in [-0.2, 0) is 5.54 Å². The second-order valence-electron chi connectivity index (χ2n) is 3.40. The lowest BCUT2D eigenvalue weighted by atomic mass is 9.73. The molecule has 0 saturated heterocycles. The molecule has 1 aromatic rings. The largest absolute Gasteiger partial charge is 0.321 e. The zero-order valence-corrected chi connectivity index (χ0v) is 10.8. The number of halogens is 3. The van der Waals surface area contributed by atoms with Crippen LogP contribution in [0.15, 0.2) is 22.9 Å². The molecule has 1 aromatic heterocycles. The summed E-state index contributed by atoms with van der Waals surface area (Å²) in [6.07, 6.45) is 7.06. The monoisotopic (exact) mass is 298 g/mol. The molecule has 2 rings (SSSR count). The summed E-state index contributed by atoms with van der Waals surface area (Å²) in [6, 6.07) is 2.06. The third-order valence-corrected chi connectivity index (χ3v) is 2.96. The molecule has 0 aromatic carbocycles. The quantitative estimate of drug-likeness (QED) is 0.866. The molecule has 2 nitrogen and oxygen atoms in total. The molecular weight excluding hydrogens is 287 g/mol. The Morgan fingerprint density at radius 3 is 2.36 bits per heavy atom. The van der Waals surface area contributed by atoms with E-state index in [2.05, 4.69) is 27.0 Å². The second-order valence-corrected chi connectivity index (χ2v) is 4.32. The molecule has 0 unspecified atom stereocenters. The van der Waals surface area contributed by atoms with Crippen LogP contribution in [0.3, 0.4) is 0 Å². The van der Waals surface area contributed by atoms with Crippen molar-refractivity contribution >= 4 is 40.7 Å². The van der Waals surface area contributed by atoms with E-state index >= 15 is 0 Å². The molecule has 14 heavy (non-hydrogen) atoms. The minimum atomic E-state index is -0.0865. The smallest absolute Gasteiger partial charge is 0.0425 e. The fourth-order valence-electron chi connectivity index (χ4n) is 1.53. The molecule has 0 radical (unpaired) electrons. The molecule has 1 fully saturated rings. The fraction of sp³-hybridized carbons (Fsp3) is 0.444. The fourth-order valence-corrected chi connectivity index (χ4v) is 1.90. The minimum Gasteiger partial charge on any atom is -0.321 e. The number of hydrogen-bond acceptors (Lipinski definition) is 2. The van der Waals surface area contributed by atoms with Crippen LogP contribution in [-0.4, -0.2) is 4.98 Å². The number of rotatable bonds is 1. The summed E-state index contributed by atoms with van der Waals surface area (Å²) >= 11 is 3.39. The van der Waals surface area contributed by atoms with Gasteiger partial charge < -0.3 is 5.73 Å². The van der Waals surface area contributed by atoms with Gasteiger partial charge in [0.2, 0.25) is 0 Å². The van der Waals surface area contributed by atoms with Crippen molar-refractivity contribution < 1.29 is 0 Å². The van der Waals surface area contributed by atoms with Gasteiger partial charge in [0.15, 0.2) is 0 Å². The van der Waals surface area contributed by atoms with E-state index in [1.54, 1.807) is 6.20 Å². The molecule has 0 spiro atoms. The molecule has 0 aliphatic heterocycles. The maximum Gasteiger partial charge on any atom is 0.0425 e. The first kappa shape index (κ1) is 14.2. The molecule has 1 aliphatic carbocycles. The van der Waals surface area contributed by atoms with Crippen molar-refractivity contribution in [3.05, 3.63) is 28.5 Å². The Bertz CT molecular complexity index is 303. The normalized spacial score (nSPS) is 17.3. The van der Waals surface area contributed by atoms with Crippen molar-refractivity contribution in [3.8, 4) is 0 Å². The van der Waals surface area contributed by atoms with E-state index in [0.717, 1.165) is 22.9 Å². The number of pyridine rings is 1. The molecule has 1 heterocycles. The summed E-state index contributed by atoms with van der Waals surface area (Å²) in [7, 11) is 0. The highest BCUT2D eigenvalue weighted by Gasteiger charge is 2.34. The van der Waals surface area contributed by atoms with Gasteiger partial charge in [-0.05, 0) is 46.8 Å². The van der Waals surface area contributed by atoms with Crippen LogP contribution in [0.4, 0.5) is 0 Å². The average Bonchev–Trinajstić information content (AvgIpc) is 2.00. The van der Waals surface area contributed by atoms with Gasteiger partial charge in [-0.3, -0.25) is 4.98 Å². The van der Waals surface area contributed by atoms with E-state index in [0.29, 0.717) is 0 Å². The Morgan fingerprint density at radius 1 is 1.29 bits per heavy atom. The Labute approximate surface area is 105 Å². The highest BCUT2D eigenvalue weighted by atomic mass is 79.9. The second kappa shape index (κ2) is 5.31. The number of aromatic nitrogens is 1. The van der Waals surface area contributed by atoms with Gasteiger partial charge in [-0.1, -0.05) is 0 Å². The topological polar surface area (TPSA) is 38.9 Å². The molecule has 0 bridgehead atoms. The zero-order chi connectivity index (χ0) is 8.60. The molecule has 1 aliphatic rings. The van der Waals surface area contributed by atoms with Crippen LogP contribution in [0.5, 0.6) is 0 Å². The van der Waals surface area contributed by atoms with Gasteiger partial charge in [0, 0.05) is 22.4 Å². The number of nitrogens with zero attached hydrogens (tertiary/aromatic N) is 1. The summed E-state index contributed by atoms with van der Waals surface area (Å²) in [4.78, 5) is 4.11. The Balaban J connectivity index is 0.000000845. The zero-order valence-electron chi connectivity index (χ0n) is 7.57. The van der Waals surface area contributed by atoms with Crippen molar-refractivity contribution in [3.63, 3.8) is 0 Å². The third kappa shape index (κ3) is 2.60. The lowest BCUT2D eigenvalue weighted by Gasteiger charge is -2.38. The lowest BCUT2D eigenvalue weighted by molar-refractivity contribution is 0.253. The molecule has 2 N–H and O–H groups in total. The summed E-state index contributed by atoms with van der Waals surface area (Å²) < 4.78 is 1.01. The number of hydrogen-bond donors (Lipinski definition) is 1. The average molecular weight is 300 g/mol. The van der Waals surface area contributed by atoms with Gasteiger partial charge in [0.05, 0.1) is 0 Å². The highest BCUT2D eigenvalue weighted by molar-refractivity contribution is 9.10. The molecule has 1 saturated carbocycles. The Hall–Kier alpha value is 0.170. The van der Waals surface area contributed by atoms with E-state index < -0.39 is 0 Å². The van der Waals surface area contributed by atoms with Crippen LogP contribution < -0.4 is 5.73 Å². The van der Waals surface area contributed by atoms with Crippen LogP contribution in [0, 0.1) is 0 Å². The molecule has 5 heteroatoms. The third-order valence-electron chi connectivity index (χ3n) is 2.53. The van der Waals surface area contributed by atoms with Gasteiger partial charge in [0.25, 0.3) is 0 Å². The van der Waals surface area contributed by atoms with E-state index in [9.17, 15) is 0 Å². The van der Waals surface area contributed by atoms with Crippen molar-refractivity contribution in [2.75, 3.05) is 0 Å². The van der Waals surface area contributed by atoms with Crippen LogP contribution in [0.2, 0.25) is 0 Å². The first-order valence-electron chi connectivity index (χ1n) is 4.11. The Morgan fingerprint density at radius 2 is 1.93 bits per heavy atom. The van der Waals surface area contributed by atoms with Crippen molar-refractivity contribution in [1.29, 1.82) is 0 Å². The first-order valence-corrected chi connectivity index (χ1v) is 4.90. The van der Waals surface area contributed by atoms with Crippen LogP contribution in [0.25, 0.3) is 0 Å². The maximum absolute atomic E-state index is 6.13. The lowest BCUT2D eigenvalue weighted by Crippen LogP contribution is -2.43. The molecular formula is C9H13BrCl2N2. The predicted octanol–water partition coefficient (Wildman–Crippen LogP) is 3.03. The van der Waals surface area contributed by atoms with Crippen molar-refractivity contribution in [2.24, 2.45) is 5.73 Å². The summed E-state index contributed by atoms with van der Waals surface area (Å²) in [5.74, 6) is 0. The van der Waals surface area contributed by atoms with E-state index in [1.165, 1.54) is 6.42 Å². The first-order chi connectivity index (χ1) is 5.71. The molecule has 0 atom stereocenters. The maximum atomic E-state index is 6.13. The molecule has 0 amide bonds. The summed E-state index contributed by atoms with van der Waals surface area (Å²) in [6.45, 7) is 0. The summed E-state index contributed by atoms with van der Waals surface area (Å²) in [5.41, 5.74) is 7.20. The van der Waals surface area contributed by atoms with Gasteiger partial charge >= 0.3 is 0 Å². The SMILES string of the molecule is Cl.Cl.NC1(c2cncc(Br)c2)CCC1. The van der Waals surface area contributed by atoms with E-state index in [-0.39, 0.29) is 30.4 Å². The molecule has 80 valence electrons. The van der Waals surface area contributed by atoms with Crippen molar-refractivity contribution in [2.45, 2.75) is 24.8 Å². The van der Waals surface area contributed by atoms with Gasteiger partial charge in [-0.25, -0.2) is 0 Å². The van der Waals surface area contributed by atoms with Crippen molar-refractivity contribution in [1.82, 2.24) is 4.98 Å². The van der Waals surface area contributed by atoms with Gasteiger partial charge in [-0.15, -0.1) is 24.8 Å². The predicted molar refractivity (Wildman–Crippen MR) is 66.1 cm³/mol. The van der Waals surface area contributed by atoms with Crippen LogP contribution >= 0.6 is 40.7 Å². The number of nitrogens with two attached hydrogens (primary N) is 1. The standard InChI is InChI=1S/C9H11BrN2.2ClH/c10-8-4-7(5-12-6-8)9(11)2-1-3-9;;/h4-6H,1-3,11H2;2*1H. The van der Waals surface area contributed by atoms with Crippen LogP contribution in [0.1, 0.15) is 24.8 Å². The van der Waals surface area contributed by atoms with E-state index in [4.69, 9.17) is 5.73 Å².